The van der Waals surface area contributed by atoms with E-state index in [2.05, 4.69) is 23.7 Å². The summed E-state index contributed by atoms with van der Waals surface area (Å²) in [4.78, 5) is 1.25. The molecule has 5 heteroatoms. The number of para-hydroxylation sites is 2. The Morgan fingerprint density at radius 3 is 2.55 bits per heavy atom. The number of quaternary nitrogens is 1. The molecule has 3 aromatic rings. The third-order valence-corrected chi connectivity index (χ3v) is 4.37. The lowest BCUT2D eigenvalue weighted by Crippen LogP contribution is -3.06. The molecule has 1 aromatic heterocycles. The van der Waals surface area contributed by atoms with Crippen molar-refractivity contribution in [2.45, 2.75) is 13.2 Å². The summed E-state index contributed by atoms with van der Waals surface area (Å²) in [6, 6.07) is 15.0. The molecule has 0 saturated heterocycles. The van der Waals surface area contributed by atoms with Crippen molar-refractivity contribution in [3.05, 3.63) is 64.7 Å². The van der Waals surface area contributed by atoms with Gasteiger partial charge in [0.15, 0.2) is 11.4 Å². The van der Waals surface area contributed by atoms with E-state index in [1.165, 1.54) is 11.0 Å². The Morgan fingerprint density at radius 1 is 1.09 bits per heavy atom. The highest BCUT2D eigenvalue weighted by Gasteiger charge is 2.12. The smallest absolute Gasteiger partial charge is 0.184 e. The number of rotatable bonds is 4. The number of halogens is 1. The van der Waals surface area contributed by atoms with Crippen LogP contribution in [0.4, 0.5) is 4.39 Å². The predicted octanol–water partition coefficient (Wildman–Crippen LogP) is 2.52. The minimum atomic E-state index is -0.188. The number of imidazole rings is 1. The first-order valence-electron chi connectivity index (χ1n) is 7.26. The van der Waals surface area contributed by atoms with E-state index in [4.69, 9.17) is 12.2 Å². The molecule has 114 valence electrons. The maximum atomic E-state index is 13.3. The van der Waals surface area contributed by atoms with Gasteiger partial charge in [-0.1, -0.05) is 24.3 Å². The summed E-state index contributed by atoms with van der Waals surface area (Å²) in [5.41, 5.74) is 3.25. The number of aromatic nitrogens is 2. The van der Waals surface area contributed by atoms with Crippen molar-refractivity contribution in [1.82, 2.24) is 9.13 Å². The zero-order valence-corrected chi connectivity index (χ0v) is 13.5. The Morgan fingerprint density at radius 2 is 1.82 bits per heavy atom. The molecule has 0 radical (unpaired) electrons. The van der Waals surface area contributed by atoms with Crippen molar-refractivity contribution in [1.29, 1.82) is 0 Å². The number of nitrogens with one attached hydrogen (secondary N) is 1. The van der Waals surface area contributed by atoms with Crippen LogP contribution in [0.15, 0.2) is 48.5 Å². The number of aryl methyl sites for hydroxylation is 1. The number of hydrogen-bond acceptors (Lipinski definition) is 1. The van der Waals surface area contributed by atoms with Crippen molar-refractivity contribution in [2.24, 2.45) is 7.05 Å². The number of fused-ring (bicyclic) bond motifs is 1. The van der Waals surface area contributed by atoms with E-state index >= 15 is 0 Å². The summed E-state index contributed by atoms with van der Waals surface area (Å²) in [5, 5.41) is 0. The maximum absolute atomic E-state index is 13.3. The third kappa shape index (κ3) is 2.82. The topological polar surface area (TPSA) is 14.3 Å². The summed E-state index contributed by atoms with van der Waals surface area (Å²) in [5.74, 6) is -0.188. The van der Waals surface area contributed by atoms with Crippen molar-refractivity contribution in [2.75, 3.05) is 7.05 Å². The van der Waals surface area contributed by atoms with E-state index in [-0.39, 0.29) is 5.82 Å². The summed E-state index contributed by atoms with van der Waals surface area (Å²) >= 11 is 5.55. The number of benzene rings is 2. The van der Waals surface area contributed by atoms with Gasteiger partial charge in [0, 0.05) is 12.6 Å². The molecule has 2 aromatic carbocycles. The molecule has 0 spiro atoms. The second-order valence-electron chi connectivity index (χ2n) is 5.68. The molecule has 0 aliphatic rings. The Labute approximate surface area is 134 Å². The van der Waals surface area contributed by atoms with E-state index in [9.17, 15) is 4.39 Å². The highest BCUT2D eigenvalue weighted by Crippen LogP contribution is 2.15. The fourth-order valence-corrected chi connectivity index (χ4v) is 3.10. The van der Waals surface area contributed by atoms with Crippen LogP contribution in [0.2, 0.25) is 0 Å². The summed E-state index contributed by atoms with van der Waals surface area (Å²) in [7, 11) is 4.08. The second-order valence-corrected chi connectivity index (χ2v) is 6.05. The van der Waals surface area contributed by atoms with Gasteiger partial charge < -0.3 is 9.47 Å². The number of nitrogens with zero attached hydrogens (tertiary/aromatic N) is 2. The molecule has 0 aliphatic carbocycles. The lowest BCUT2D eigenvalue weighted by molar-refractivity contribution is -0.916. The maximum Gasteiger partial charge on any atom is 0.184 e. The first-order chi connectivity index (χ1) is 10.6. The van der Waals surface area contributed by atoms with Gasteiger partial charge in [-0.2, -0.15) is 0 Å². The van der Waals surface area contributed by atoms with Gasteiger partial charge >= 0.3 is 0 Å². The van der Waals surface area contributed by atoms with Gasteiger partial charge in [0.2, 0.25) is 0 Å². The van der Waals surface area contributed by atoms with Gasteiger partial charge in [-0.05, 0) is 36.5 Å². The molecule has 0 aliphatic heterocycles. The fourth-order valence-electron chi connectivity index (χ4n) is 2.84. The van der Waals surface area contributed by atoms with Gasteiger partial charge in [0.05, 0.1) is 18.1 Å². The van der Waals surface area contributed by atoms with Crippen LogP contribution in [0.3, 0.4) is 0 Å². The molecular formula is C17H19FN3S+. The number of hydrogen-bond donors (Lipinski definition) is 1. The molecule has 0 saturated carbocycles. The van der Waals surface area contributed by atoms with E-state index in [1.807, 2.05) is 29.8 Å². The molecule has 1 heterocycles. The quantitative estimate of drug-likeness (QED) is 0.731. The monoisotopic (exact) mass is 316 g/mol. The van der Waals surface area contributed by atoms with Crippen molar-refractivity contribution < 1.29 is 9.29 Å². The molecule has 3 rings (SSSR count). The van der Waals surface area contributed by atoms with Crippen LogP contribution in [0.5, 0.6) is 0 Å². The Hall–Kier alpha value is -1.98. The lowest BCUT2D eigenvalue weighted by atomic mass is 10.2. The Bertz CT molecular complexity index is 866. The fraction of sp³-hybridized carbons (Fsp3) is 0.235. The highest BCUT2D eigenvalue weighted by atomic mass is 32.1. The van der Waals surface area contributed by atoms with Crippen LogP contribution in [0.25, 0.3) is 11.0 Å². The van der Waals surface area contributed by atoms with Crippen molar-refractivity contribution in [3.8, 4) is 0 Å². The van der Waals surface area contributed by atoms with Crippen LogP contribution in [-0.4, -0.2) is 16.2 Å². The highest BCUT2D eigenvalue weighted by molar-refractivity contribution is 7.71. The average molecular weight is 316 g/mol. The first kappa shape index (κ1) is 14.9. The SMILES string of the molecule is Cn1c(=S)n(C[NH+](C)Cc2cccc(F)c2)c2ccccc21. The normalized spacial score (nSPS) is 12.7. The minimum Gasteiger partial charge on any atom is -0.320 e. The largest absolute Gasteiger partial charge is 0.320 e. The van der Waals surface area contributed by atoms with E-state index in [1.54, 1.807) is 12.1 Å². The minimum absolute atomic E-state index is 0.188. The van der Waals surface area contributed by atoms with Crippen molar-refractivity contribution in [3.63, 3.8) is 0 Å². The summed E-state index contributed by atoms with van der Waals surface area (Å²) < 4.78 is 18.3. The van der Waals surface area contributed by atoms with Gasteiger partial charge in [-0.15, -0.1) is 0 Å². The van der Waals surface area contributed by atoms with E-state index in [0.29, 0.717) is 0 Å². The molecular weight excluding hydrogens is 297 g/mol. The molecule has 3 nitrogen and oxygen atoms in total. The van der Waals surface area contributed by atoms with Gasteiger partial charge in [-0.25, -0.2) is 4.39 Å². The van der Waals surface area contributed by atoms with Crippen LogP contribution >= 0.6 is 12.2 Å². The molecule has 1 unspecified atom stereocenters. The summed E-state index contributed by atoms with van der Waals surface area (Å²) in [6.07, 6.45) is 0. The van der Waals surface area contributed by atoms with Crippen LogP contribution in [0, 0.1) is 10.6 Å². The molecule has 0 fully saturated rings. The Kier molecular flexibility index (Phi) is 4.09. The van der Waals surface area contributed by atoms with Crippen molar-refractivity contribution >= 4 is 23.3 Å². The van der Waals surface area contributed by atoms with Crippen LogP contribution in [0.1, 0.15) is 5.56 Å². The predicted molar refractivity (Wildman–Crippen MR) is 88.7 cm³/mol. The van der Waals surface area contributed by atoms with E-state index in [0.717, 1.165) is 34.6 Å². The van der Waals surface area contributed by atoms with Gasteiger partial charge in [0.25, 0.3) is 0 Å². The molecule has 22 heavy (non-hydrogen) atoms. The first-order valence-corrected chi connectivity index (χ1v) is 7.67. The van der Waals surface area contributed by atoms with Crippen LogP contribution in [-0.2, 0) is 20.3 Å². The third-order valence-electron chi connectivity index (χ3n) is 3.87. The van der Waals surface area contributed by atoms with E-state index < -0.39 is 0 Å². The second kappa shape index (κ2) is 6.02. The van der Waals surface area contributed by atoms with Gasteiger partial charge in [-0.3, -0.25) is 4.57 Å². The summed E-state index contributed by atoms with van der Waals surface area (Å²) in [6.45, 7) is 1.50. The molecule has 1 N–H and O–H groups in total. The molecule has 0 bridgehead atoms. The van der Waals surface area contributed by atoms with Crippen LogP contribution < -0.4 is 4.90 Å². The average Bonchev–Trinajstić information content (AvgIpc) is 2.73. The zero-order valence-electron chi connectivity index (χ0n) is 12.7. The van der Waals surface area contributed by atoms with Gasteiger partial charge in [0.1, 0.15) is 12.4 Å². The molecule has 0 amide bonds. The zero-order chi connectivity index (χ0) is 15.7. The lowest BCUT2D eigenvalue weighted by Gasteiger charge is -2.15. The Balaban J connectivity index is 1.87. The molecule has 1 atom stereocenters. The standard InChI is InChI=1S/C17H18FN3S/c1-19(11-13-6-5-7-14(18)10-13)12-21-16-9-4-3-8-15(16)20(2)17(21)22/h3-10H,11-12H2,1-2H3/p+1.